The molecule has 0 spiro atoms. The Morgan fingerprint density at radius 1 is 1.20 bits per heavy atom. The molecule has 0 aliphatic carbocycles. The third-order valence-corrected chi connectivity index (χ3v) is 7.80. The number of benzene rings is 1. The molecule has 2 aromatic rings. The molecule has 1 amide bonds. The van der Waals surface area contributed by atoms with Crippen LogP contribution in [0.5, 0.6) is 0 Å². The van der Waals surface area contributed by atoms with Crippen LogP contribution in [0.3, 0.4) is 0 Å². The summed E-state index contributed by atoms with van der Waals surface area (Å²) in [6.45, 7) is 0.311. The van der Waals surface area contributed by atoms with Gasteiger partial charge in [-0.3, -0.25) is 4.79 Å². The first kappa shape index (κ1) is 18.7. The molecule has 9 heteroatoms. The molecule has 1 aromatic carbocycles. The van der Waals surface area contributed by atoms with Crippen molar-refractivity contribution in [3.8, 4) is 0 Å². The van der Waals surface area contributed by atoms with E-state index in [0.29, 0.717) is 28.0 Å². The van der Waals surface area contributed by atoms with E-state index in [2.05, 4.69) is 5.32 Å². The smallest absolute Gasteiger partial charge is 0.253 e. The van der Waals surface area contributed by atoms with Gasteiger partial charge in [0.1, 0.15) is 10.3 Å². The van der Waals surface area contributed by atoms with E-state index >= 15 is 0 Å². The van der Waals surface area contributed by atoms with E-state index in [9.17, 15) is 13.2 Å². The van der Waals surface area contributed by atoms with Crippen molar-refractivity contribution in [3.05, 3.63) is 45.8 Å². The second-order valence-electron chi connectivity index (χ2n) is 5.69. The fraction of sp³-hybridized carbons (Fsp3) is 0.312. The number of nitrogens with zero attached hydrogens (tertiary/aromatic N) is 1. The number of thiophene rings is 1. The molecule has 1 fully saturated rings. The van der Waals surface area contributed by atoms with E-state index in [1.54, 1.807) is 30.3 Å². The van der Waals surface area contributed by atoms with Crippen LogP contribution in [0.25, 0.3) is 0 Å². The molecule has 1 aromatic heterocycles. The quantitative estimate of drug-likeness (QED) is 0.806. The zero-order valence-corrected chi connectivity index (χ0v) is 16.3. The standard InChI is InChI=1S/C16H16Cl2N2O3S2/c17-11-4-3-5-12(10-11)19-16(21)13-6-1-2-9-20(13)25(22,23)15-8-7-14(18)24-15/h3-5,7-8,10,13H,1-2,6,9H2,(H,19,21)/t13-/m0/s1. The summed E-state index contributed by atoms with van der Waals surface area (Å²) in [7, 11) is -3.76. The first-order valence-electron chi connectivity index (χ1n) is 7.71. The highest BCUT2D eigenvalue weighted by atomic mass is 35.5. The monoisotopic (exact) mass is 418 g/mol. The van der Waals surface area contributed by atoms with Crippen LogP contribution in [0.2, 0.25) is 9.36 Å². The Labute approximate surface area is 160 Å². The largest absolute Gasteiger partial charge is 0.325 e. The van der Waals surface area contributed by atoms with E-state index in [1.165, 1.54) is 10.4 Å². The molecule has 1 aliphatic rings. The molecule has 3 rings (SSSR count). The van der Waals surface area contributed by atoms with Gasteiger partial charge in [0.25, 0.3) is 10.0 Å². The van der Waals surface area contributed by atoms with Crippen molar-refractivity contribution >= 4 is 56.2 Å². The number of carbonyl (C=O) groups is 1. The number of sulfonamides is 1. The van der Waals surface area contributed by atoms with Crippen LogP contribution in [0, 0.1) is 0 Å². The minimum Gasteiger partial charge on any atom is -0.325 e. The predicted molar refractivity (Wildman–Crippen MR) is 101 cm³/mol. The highest BCUT2D eigenvalue weighted by molar-refractivity contribution is 7.91. The van der Waals surface area contributed by atoms with Crippen LogP contribution in [0.15, 0.2) is 40.6 Å². The van der Waals surface area contributed by atoms with Crippen molar-refractivity contribution in [2.75, 3.05) is 11.9 Å². The van der Waals surface area contributed by atoms with Crippen LogP contribution in [0.4, 0.5) is 5.69 Å². The van der Waals surface area contributed by atoms with E-state index in [4.69, 9.17) is 23.2 Å². The Kier molecular flexibility index (Phi) is 5.70. The summed E-state index contributed by atoms with van der Waals surface area (Å²) in [5.74, 6) is -0.354. The fourth-order valence-corrected chi connectivity index (χ4v) is 6.26. The van der Waals surface area contributed by atoms with Gasteiger partial charge in [0.05, 0.1) is 4.34 Å². The van der Waals surface area contributed by atoms with Gasteiger partial charge in [-0.05, 0) is 43.2 Å². The van der Waals surface area contributed by atoms with Crippen molar-refractivity contribution in [1.29, 1.82) is 0 Å². The maximum absolute atomic E-state index is 12.9. The second kappa shape index (κ2) is 7.63. The van der Waals surface area contributed by atoms with Crippen LogP contribution in [-0.2, 0) is 14.8 Å². The SMILES string of the molecule is O=C(Nc1cccc(Cl)c1)[C@@H]1CCCCN1S(=O)(=O)c1ccc(Cl)s1. The van der Waals surface area contributed by atoms with E-state index in [0.717, 1.165) is 24.2 Å². The van der Waals surface area contributed by atoms with Gasteiger partial charge in [-0.25, -0.2) is 8.42 Å². The van der Waals surface area contributed by atoms with Gasteiger partial charge >= 0.3 is 0 Å². The number of hydrogen-bond acceptors (Lipinski definition) is 4. The molecule has 134 valence electrons. The molecule has 0 saturated carbocycles. The van der Waals surface area contributed by atoms with E-state index < -0.39 is 16.1 Å². The van der Waals surface area contributed by atoms with Gasteiger partial charge in [-0.1, -0.05) is 35.7 Å². The summed E-state index contributed by atoms with van der Waals surface area (Å²) in [6, 6.07) is 9.03. The molecule has 25 heavy (non-hydrogen) atoms. The van der Waals surface area contributed by atoms with Gasteiger partial charge in [-0.2, -0.15) is 4.31 Å². The highest BCUT2D eigenvalue weighted by Gasteiger charge is 2.38. The number of halogens is 2. The first-order chi connectivity index (χ1) is 11.9. The Morgan fingerprint density at radius 2 is 2.00 bits per heavy atom. The first-order valence-corrected chi connectivity index (χ1v) is 10.7. The topological polar surface area (TPSA) is 66.5 Å². The Balaban J connectivity index is 1.84. The van der Waals surface area contributed by atoms with Gasteiger partial charge < -0.3 is 5.32 Å². The molecular weight excluding hydrogens is 403 g/mol. The Hall–Kier alpha value is -1.12. The van der Waals surface area contributed by atoms with Crippen LogP contribution in [-0.4, -0.2) is 31.2 Å². The maximum atomic E-state index is 12.9. The minimum absolute atomic E-state index is 0.153. The molecule has 0 radical (unpaired) electrons. The van der Waals surface area contributed by atoms with Gasteiger partial charge in [-0.15, -0.1) is 11.3 Å². The number of piperidine rings is 1. The minimum atomic E-state index is -3.76. The van der Waals surface area contributed by atoms with Gasteiger partial charge in [0, 0.05) is 17.3 Å². The lowest BCUT2D eigenvalue weighted by Crippen LogP contribution is -2.49. The third kappa shape index (κ3) is 4.17. The zero-order chi connectivity index (χ0) is 18.0. The maximum Gasteiger partial charge on any atom is 0.253 e. The van der Waals surface area contributed by atoms with Crippen LogP contribution < -0.4 is 5.32 Å². The average molecular weight is 419 g/mol. The number of amides is 1. The molecule has 1 aliphatic heterocycles. The van der Waals surface area contributed by atoms with Crippen molar-refractivity contribution < 1.29 is 13.2 Å². The lowest BCUT2D eigenvalue weighted by atomic mass is 10.0. The molecule has 2 heterocycles. The zero-order valence-electron chi connectivity index (χ0n) is 13.1. The molecule has 1 saturated heterocycles. The van der Waals surface area contributed by atoms with Crippen molar-refractivity contribution in [1.82, 2.24) is 4.31 Å². The van der Waals surface area contributed by atoms with Crippen LogP contribution in [0.1, 0.15) is 19.3 Å². The third-order valence-electron chi connectivity index (χ3n) is 3.96. The van der Waals surface area contributed by atoms with Crippen molar-refractivity contribution in [2.24, 2.45) is 0 Å². The van der Waals surface area contributed by atoms with E-state index in [-0.39, 0.29) is 10.1 Å². The summed E-state index contributed by atoms with van der Waals surface area (Å²) in [6.07, 6.45) is 1.99. The lowest BCUT2D eigenvalue weighted by molar-refractivity contribution is -0.120. The number of nitrogens with one attached hydrogen (secondary N) is 1. The number of anilines is 1. The van der Waals surface area contributed by atoms with Crippen molar-refractivity contribution in [3.63, 3.8) is 0 Å². The number of rotatable bonds is 4. The Bertz CT molecular complexity index is 883. The lowest BCUT2D eigenvalue weighted by Gasteiger charge is -2.33. The molecule has 1 N–H and O–H groups in total. The molecule has 0 bridgehead atoms. The number of carbonyl (C=O) groups excluding carboxylic acids is 1. The van der Waals surface area contributed by atoms with Gasteiger partial charge in [0.2, 0.25) is 5.91 Å². The second-order valence-corrected chi connectivity index (χ2v) is 9.95. The highest BCUT2D eigenvalue weighted by Crippen LogP contribution is 2.32. The average Bonchev–Trinajstić information content (AvgIpc) is 3.02. The summed E-state index contributed by atoms with van der Waals surface area (Å²) in [4.78, 5) is 12.7. The summed E-state index contributed by atoms with van der Waals surface area (Å²) in [5.41, 5.74) is 0.541. The molecule has 5 nitrogen and oxygen atoms in total. The normalized spacial score (nSPS) is 18.9. The van der Waals surface area contributed by atoms with E-state index in [1.807, 2.05) is 0 Å². The predicted octanol–water partition coefficient (Wildman–Crippen LogP) is 4.24. The van der Waals surface area contributed by atoms with Gasteiger partial charge in [0.15, 0.2) is 0 Å². The van der Waals surface area contributed by atoms with Crippen LogP contribution >= 0.6 is 34.5 Å². The summed E-state index contributed by atoms with van der Waals surface area (Å²) >= 11 is 12.8. The van der Waals surface area contributed by atoms with Crippen molar-refractivity contribution in [2.45, 2.75) is 29.5 Å². The summed E-state index contributed by atoms with van der Waals surface area (Å²) in [5, 5.41) is 3.26. The molecular formula is C16H16Cl2N2O3S2. The molecule has 0 unspecified atom stereocenters. The molecule has 1 atom stereocenters. The Morgan fingerprint density at radius 3 is 2.68 bits per heavy atom. The summed E-state index contributed by atoms with van der Waals surface area (Å²) < 4.78 is 27.6. The fourth-order valence-electron chi connectivity index (χ4n) is 2.80. The number of hydrogen-bond donors (Lipinski definition) is 1.